The van der Waals surface area contributed by atoms with Crippen molar-refractivity contribution in [1.29, 1.82) is 0 Å². The van der Waals surface area contributed by atoms with Gasteiger partial charge in [0.2, 0.25) is 0 Å². The van der Waals surface area contributed by atoms with Gasteiger partial charge in [0.25, 0.3) is 0 Å². The van der Waals surface area contributed by atoms with Crippen LogP contribution in [-0.2, 0) is 35.9 Å². The van der Waals surface area contributed by atoms with Crippen LogP contribution in [0.15, 0.2) is 12.4 Å². The molecule has 12 heteroatoms. The van der Waals surface area contributed by atoms with E-state index < -0.39 is 11.9 Å². The van der Waals surface area contributed by atoms with E-state index >= 15 is 0 Å². The number of carbonyl (C=O) groups is 2. The maximum absolute atomic E-state index is 10.3. The highest BCUT2D eigenvalue weighted by molar-refractivity contribution is 5.69. The molecule has 0 radical (unpaired) electrons. The molecule has 2 aromatic heterocycles. The van der Waals surface area contributed by atoms with Gasteiger partial charge in [-0.2, -0.15) is 0 Å². The van der Waals surface area contributed by atoms with E-state index in [2.05, 4.69) is 20.6 Å². The van der Waals surface area contributed by atoms with Gasteiger partial charge in [-0.3, -0.25) is 19.6 Å². The number of rotatable bonds is 10. The number of nitrogens with one attached hydrogen (secondary N) is 2. The molecular formula is C20H28N4O8. The number of nitrogens with zero attached hydrogens (tertiary/aromatic N) is 2. The van der Waals surface area contributed by atoms with Crippen molar-refractivity contribution in [2.75, 3.05) is 13.1 Å². The summed E-state index contributed by atoms with van der Waals surface area (Å²) in [6, 6.07) is 0. The number of aliphatic hydroxyl groups excluding tert-OH is 2. The third-order valence-electron chi connectivity index (χ3n) is 4.36. The Labute approximate surface area is 184 Å². The maximum atomic E-state index is 10.3. The zero-order chi connectivity index (χ0) is 24.3. The molecule has 0 bridgehead atoms. The molecular weight excluding hydrogens is 424 g/mol. The number of hydrogen-bond acceptors (Lipinski definition) is 10. The SMILES string of the molecule is Cc1ncc(CO)c(CNCC(=O)O)c1O.Cc1ncc(CO)c(CNCC(=O)O)c1O. The highest BCUT2D eigenvalue weighted by Gasteiger charge is 2.12. The van der Waals surface area contributed by atoms with Crippen LogP contribution in [0.5, 0.6) is 11.5 Å². The number of carboxylic acids is 2. The smallest absolute Gasteiger partial charge is 0.317 e. The molecule has 0 unspecified atom stereocenters. The van der Waals surface area contributed by atoms with Gasteiger partial charge in [-0.15, -0.1) is 0 Å². The first-order valence-corrected chi connectivity index (χ1v) is 9.51. The number of carboxylic acid groups (broad SMARTS) is 2. The molecule has 12 nitrogen and oxygen atoms in total. The summed E-state index contributed by atoms with van der Waals surface area (Å²) in [4.78, 5) is 28.4. The largest absolute Gasteiger partial charge is 0.506 e. The zero-order valence-corrected chi connectivity index (χ0v) is 17.8. The number of pyridine rings is 2. The van der Waals surface area contributed by atoms with Crippen molar-refractivity contribution < 1.29 is 40.2 Å². The molecule has 0 saturated carbocycles. The molecule has 0 aliphatic rings. The van der Waals surface area contributed by atoms with E-state index in [9.17, 15) is 19.8 Å². The predicted octanol–water partition coefficient (Wildman–Crippen LogP) is -0.476. The Balaban J connectivity index is 0.000000320. The molecule has 0 amide bonds. The van der Waals surface area contributed by atoms with E-state index in [1.54, 1.807) is 13.8 Å². The van der Waals surface area contributed by atoms with Crippen molar-refractivity contribution in [1.82, 2.24) is 20.6 Å². The Kier molecular flexibility index (Phi) is 11.0. The monoisotopic (exact) mass is 452 g/mol. The highest BCUT2D eigenvalue weighted by Crippen LogP contribution is 2.24. The number of aliphatic carboxylic acids is 2. The van der Waals surface area contributed by atoms with Crippen LogP contribution < -0.4 is 10.6 Å². The molecule has 0 spiro atoms. The van der Waals surface area contributed by atoms with Gasteiger partial charge in [0, 0.05) is 47.7 Å². The molecule has 0 atom stereocenters. The van der Waals surface area contributed by atoms with Crippen LogP contribution >= 0.6 is 0 Å². The average Bonchev–Trinajstić information content (AvgIpc) is 2.74. The normalized spacial score (nSPS) is 10.4. The van der Waals surface area contributed by atoms with Crippen molar-refractivity contribution in [3.05, 3.63) is 46.0 Å². The first kappa shape index (κ1) is 26.7. The molecule has 2 heterocycles. The van der Waals surface area contributed by atoms with Crippen LogP contribution in [0, 0.1) is 13.8 Å². The Morgan fingerprint density at radius 2 is 1.12 bits per heavy atom. The first-order valence-electron chi connectivity index (χ1n) is 9.51. The van der Waals surface area contributed by atoms with Gasteiger partial charge < -0.3 is 41.3 Å². The number of hydrogen-bond donors (Lipinski definition) is 8. The summed E-state index contributed by atoms with van der Waals surface area (Å²) in [5, 5.41) is 59.7. The van der Waals surface area contributed by atoms with Crippen LogP contribution in [0.3, 0.4) is 0 Å². The van der Waals surface area contributed by atoms with E-state index in [1.165, 1.54) is 12.4 Å². The molecule has 0 saturated heterocycles. The van der Waals surface area contributed by atoms with Crippen LogP contribution in [0.4, 0.5) is 0 Å². The molecule has 0 aromatic carbocycles. The summed E-state index contributed by atoms with van der Waals surface area (Å²) in [6.45, 7) is 2.73. The summed E-state index contributed by atoms with van der Waals surface area (Å²) >= 11 is 0. The second-order valence-electron chi connectivity index (χ2n) is 6.70. The van der Waals surface area contributed by atoms with Gasteiger partial charge in [0.1, 0.15) is 11.5 Å². The quantitative estimate of drug-likeness (QED) is 0.230. The van der Waals surface area contributed by atoms with Crippen molar-refractivity contribution in [3.63, 3.8) is 0 Å². The second-order valence-corrected chi connectivity index (χ2v) is 6.70. The highest BCUT2D eigenvalue weighted by atomic mass is 16.4. The van der Waals surface area contributed by atoms with Crippen molar-refractivity contribution in [2.45, 2.75) is 40.2 Å². The Morgan fingerprint density at radius 1 is 0.781 bits per heavy atom. The summed E-state index contributed by atoms with van der Waals surface area (Å²) < 4.78 is 0. The second kappa shape index (κ2) is 13.2. The fraction of sp³-hybridized carbons (Fsp3) is 0.400. The van der Waals surface area contributed by atoms with Crippen LogP contribution in [0.2, 0.25) is 0 Å². The molecule has 8 N–H and O–H groups in total. The summed E-state index contributed by atoms with van der Waals surface area (Å²) in [5.74, 6) is -1.97. The van der Waals surface area contributed by atoms with E-state index in [4.69, 9.17) is 20.4 Å². The van der Waals surface area contributed by atoms with E-state index in [-0.39, 0.29) is 50.9 Å². The molecule has 0 aliphatic carbocycles. The third-order valence-corrected chi connectivity index (χ3v) is 4.36. The number of aliphatic hydroxyl groups is 2. The number of aryl methyl sites for hydroxylation is 2. The van der Waals surface area contributed by atoms with Crippen LogP contribution in [0.1, 0.15) is 33.6 Å². The minimum atomic E-state index is -0.976. The fourth-order valence-corrected chi connectivity index (χ4v) is 2.62. The Morgan fingerprint density at radius 3 is 1.41 bits per heavy atom. The lowest BCUT2D eigenvalue weighted by atomic mass is 10.1. The van der Waals surface area contributed by atoms with Gasteiger partial charge >= 0.3 is 11.9 Å². The minimum Gasteiger partial charge on any atom is -0.506 e. The van der Waals surface area contributed by atoms with Crippen molar-refractivity contribution in [2.24, 2.45) is 0 Å². The molecule has 2 rings (SSSR count). The van der Waals surface area contributed by atoms with E-state index in [0.717, 1.165) is 0 Å². The van der Waals surface area contributed by atoms with Gasteiger partial charge in [0.05, 0.1) is 37.7 Å². The lowest BCUT2D eigenvalue weighted by molar-refractivity contribution is -0.137. The van der Waals surface area contributed by atoms with Crippen molar-refractivity contribution in [3.8, 4) is 11.5 Å². The van der Waals surface area contributed by atoms with Gasteiger partial charge in [-0.25, -0.2) is 0 Å². The van der Waals surface area contributed by atoms with E-state index in [0.29, 0.717) is 33.6 Å². The minimum absolute atomic E-state index is 0.00978. The van der Waals surface area contributed by atoms with Gasteiger partial charge in [-0.05, 0) is 13.8 Å². The Bertz CT molecular complexity index is 861. The van der Waals surface area contributed by atoms with Crippen molar-refractivity contribution >= 4 is 11.9 Å². The Hall–Kier alpha value is -3.32. The average molecular weight is 452 g/mol. The third kappa shape index (κ3) is 8.07. The molecule has 0 aliphatic heterocycles. The summed E-state index contributed by atoms with van der Waals surface area (Å²) in [7, 11) is 0. The molecule has 32 heavy (non-hydrogen) atoms. The van der Waals surface area contributed by atoms with E-state index in [1.807, 2.05) is 0 Å². The van der Waals surface area contributed by atoms with Crippen LogP contribution in [0.25, 0.3) is 0 Å². The number of aromatic nitrogens is 2. The predicted molar refractivity (Wildman–Crippen MR) is 112 cm³/mol. The topological polar surface area (TPSA) is 205 Å². The first-order chi connectivity index (χ1) is 15.1. The maximum Gasteiger partial charge on any atom is 0.317 e. The lowest BCUT2D eigenvalue weighted by Gasteiger charge is -2.11. The molecule has 176 valence electrons. The van der Waals surface area contributed by atoms with Crippen LogP contribution in [-0.4, -0.2) is 65.6 Å². The number of aromatic hydroxyl groups is 2. The van der Waals surface area contributed by atoms with Gasteiger partial charge in [-0.1, -0.05) is 0 Å². The summed E-state index contributed by atoms with van der Waals surface area (Å²) in [5.41, 5.74) is 2.84. The summed E-state index contributed by atoms with van der Waals surface area (Å²) in [6.07, 6.45) is 2.93. The standard InChI is InChI=1S/2C10H14N2O4/c2*1-6-10(16)8(3-11-4-9(14)15)7(5-13)2-12-6/h2*2,11,13,16H,3-5H2,1H3,(H,14,15). The molecule has 2 aromatic rings. The van der Waals surface area contributed by atoms with Gasteiger partial charge in [0.15, 0.2) is 0 Å². The zero-order valence-electron chi connectivity index (χ0n) is 17.8. The lowest BCUT2D eigenvalue weighted by Crippen LogP contribution is -2.22. The fourth-order valence-electron chi connectivity index (χ4n) is 2.62. The molecule has 0 fully saturated rings.